The highest BCUT2D eigenvalue weighted by Gasteiger charge is 2.35. The number of urea groups is 1. The fraction of sp³-hybridized carbons (Fsp3) is 0.467. The summed E-state index contributed by atoms with van der Waals surface area (Å²) >= 11 is 0. The zero-order valence-electron chi connectivity index (χ0n) is 12.4. The van der Waals surface area contributed by atoms with Crippen LogP contribution in [-0.2, 0) is 0 Å². The number of hydrogen-bond acceptors (Lipinski definition) is 3. The lowest BCUT2D eigenvalue weighted by atomic mass is 10.1. The minimum Gasteiger partial charge on any atom is -0.492 e. The molecule has 6 nitrogen and oxygen atoms in total. The number of ether oxygens (including phenoxy) is 1. The van der Waals surface area contributed by atoms with Gasteiger partial charge >= 0.3 is 12.0 Å². The Morgan fingerprint density at radius 1 is 1.22 bits per heavy atom. The Morgan fingerprint density at radius 3 is 2.39 bits per heavy atom. The molecule has 2 rings (SSSR count). The standard InChI is InChI=1S/C15H18F2N2O4/c16-15(17)5-8-19(9-6-15)14(22)18-7-10-23-12-3-1-11(2-4-12)13(20)21/h1-4H,5-10H2,(H,18,22)(H,20,21). The molecule has 1 aliphatic heterocycles. The molecule has 1 saturated heterocycles. The molecule has 0 bridgehead atoms. The number of likely N-dealkylation sites (tertiary alicyclic amines) is 1. The largest absolute Gasteiger partial charge is 0.492 e. The number of nitrogens with zero attached hydrogens (tertiary/aromatic N) is 1. The number of aromatic carboxylic acids is 1. The molecule has 0 unspecified atom stereocenters. The van der Waals surface area contributed by atoms with Crippen molar-refractivity contribution >= 4 is 12.0 Å². The molecule has 0 saturated carbocycles. The lowest BCUT2D eigenvalue weighted by Gasteiger charge is -2.31. The molecule has 2 amide bonds. The van der Waals surface area contributed by atoms with Gasteiger partial charge in [0.1, 0.15) is 12.4 Å². The van der Waals surface area contributed by atoms with Crippen LogP contribution in [0, 0.1) is 0 Å². The number of amides is 2. The predicted molar refractivity (Wildman–Crippen MR) is 78.0 cm³/mol. The summed E-state index contributed by atoms with van der Waals surface area (Å²) in [5.74, 6) is -3.21. The van der Waals surface area contributed by atoms with Crippen LogP contribution in [-0.4, -0.2) is 54.2 Å². The predicted octanol–water partition coefficient (Wildman–Crippen LogP) is 2.20. The van der Waals surface area contributed by atoms with Gasteiger partial charge in [-0.25, -0.2) is 18.4 Å². The second kappa shape index (κ2) is 7.26. The molecule has 1 fully saturated rings. The maximum Gasteiger partial charge on any atom is 0.335 e. The number of carboxylic acids is 1. The molecule has 2 N–H and O–H groups in total. The fourth-order valence-corrected chi connectivity index (χ4v) is 2.17. The summed E-state index contributed by atoms with van der Waals surface area (Å²) in [7, 11) is 0. The van der Waals surface area contributed by atoms with E-state index in [0.717, 1.165) is 0 Å². The first-order valence-corrected chi connectivity index (χ1v) is 7.24. The molecule has 1 aliphatic rings. The van der Waals surface area contributed by atoms with Crippen LogP contribution >= 0.6 is 0 Å². The first-order chi connectivity index (χ1) is 10.9. The van der Waals surface area contributed by atoms with Crippen LogP contribution in [0.4, 0.5) is 13.6 Å². The lowest BCUT2D eigenvalue weighted by Crippen LogP contribution is -2.47. The monoisotopic (exact) mass is 328 g/mol. The third kappa shape index (κ3) is 5.08. The number of alkyl halides is 2. The fourth-order valence-electron chi connectivity index (χ4n) is 2.17. The number of carboxylic acid groups (broad SMARTS) is 1. The highest BCUT2D eigenvalue weighted by atomic mass is 19.3. The van der Waals surface area contributed by atoms with Crippen LogP contribution in [0.2, 0.25) is 0 Å². The summed E-state index contributed by atoms with van der Waals surface area (Å²) < 4.78 is 31.4. The highest BCUT2D eigenvalue weighted by molar-refractivity contribution is 5.87. The summed E-state index contributed by atoms with van der Waals surface area (Å²) in [6.45, 7) is 0.501. The van der Waals surface area contributed by atoms with Gasteiger partial charge in [-0.2, -0.15) is 0 Å². The van der Waals surface area contributed by atoms with Gasteiger partial charge in [-0.1, -0.05) is 0 Å². The number of halogens is 2. The number of piperidine rings is 1. The molecule has 23 heavy (non-hydrogen) atoms. The summed E-state index contributed by atoms with van der Waals surface area (Å²) in [5, 5.41) is 11.4. The molecule has 0 aromatic heterocycles. The van der Waals surface area contributed by atoms with Crippen LogP contribution < -0.4 is 10.1 Å². The van der Waals surface area contributed by atoms with Crippen molar-refractivity contribution in [1.82, 2.24) is 10.2 Å². The van der Waals surface area contributed by atoms with Crippen molar-refractivity contribution in [2.45, 2.75) is 18.8 Å². The van der Waals surface area contributed by atoms with Gasteiger partial charge in [0.2, 0.25) is 0 Å². The van der Waals surface area contributed by atoms with Crippen molar-refractivity contribution in [3.05, 3.63) is 29.8 Å². The van der Waals surface area contributed by atoms with E-state index in [2.05, 4.69) is 5.32 Å². The van der Waals surface area contributed by atoms with E-state index >= 15 is 0 Å². The Kier molecular flexibility index (Phi) is 5.36. The van der Waals surface area contributed by atoms with Crippen molar-refractivity contribution in [3.8, 4) is 5.75 Å². The second-order valence-electron chi connectivity index (χ2n) is 5.25. The van der Waals surface area contributed by atoms with Crippen molar-refractivity contribution in [3.63, 3.8) is 0 Å². The summed E-state index contributed by atoms with van der Waals surface area (Å²) in [6.07, 6.45) is -0.625. The van der Waals surface area contributed by atoms with E-state index in [-0.39, 0.29) is 50.7 Å². The Bertz CT molecular complexity index is 553. The number of benzene rings is 1. The Labute approximate surface area is 132 Å². The van der Waals surface area contributed by atoms with E-state index in [1.807, 2.05) is 0 Å². The van der Waals surface area contributed by atoms with Gasteiger partial charge in [-0.05, 0) is 24.3 Å². The van der Waals surface area contributed by atoms with E-state index in [0.29, 0.717) is 5.75 Å². The maximum atomic E-state index is 13.0. The van der Waals surface area contributed by atoms with Crippen LogP contribution in [0.15, 0.2) is 24.3 Å². The van der Waals surface area contributed by atoms with Gasteiger partial charge in [-0.3, -0.25) is 0 Å². The zero-order valence-corrected chi connectivity index (χ0v) is 12.4. The van der Waals surface area contributed by atoms with E-state index in [9.17, 15) is 18.4 Å². The van der Waals surface area contributed by atoms with Crippen molar-refractivity contribution in [2.24, 2.45) is 0 Å². The first-order valence-electron chi connectivity index (χ1n) is 7.24. The van der Waals surface area contributed by atoms with Gasteiger partial charge in [-0.15, -0.1) is 0 Å². The van der Waals surface area contributed by atoms with Crippen LogP contribution in [0.5, 0.6) is 5.75 Å². The number of nitrogens with one attached hydrogen (secondary N) is 1. The third-order valence-electron chi connectivity index (χ3n) is 3.53. The smallest absolute Gasteiger partial charge is 0.335 e. The highest BCUT2D eigenvalue weighted by Crippen LogP contribution is 2.27. The summed E-state index contributed by atoms with van der Waals surface area (Å²) in [6, 6.07) is 5.51. The van der Waals surface area contributed by atoms with Gasteiger partial charge in [0, 0.05) is 25.9 Å². The molecular weight excluding hydrogens is 310 g/mol. The third-order valence-corrected chi connectivity index (χ3v) is 3.53. The topological polar surface area (TPSA) is 78.9 Å². The normalized spacial score (nSPS) is 16.7. The number of hydrogen-bond donors (Lipinski definition) is 2. The van der Waals surface area contributed by atoms with E-state index < -0.39 is 11.9 Å². The Morgan fingerprint density at radius 2 is 1.83 bits per heavy atom. The molecular formula is C15H18F2N2O4. The van der Waals surface area contributed by atoms with Gasteiger partial charge in [0.15, 0.2) is 0 Å². The van der Waals surface area contributed by atoms with Crippen molar-refractivity contribution in [2.75, 3.05) is 26.2 Å². The SMILES string of the molecule is O=C(O)c1ccc(OCCNC(=O)N2CCC(F)(F)CC2)cc1. The summed E-state index contributed by atoms with van der Waals surface area (Å²) in [4.78, 5) is 23.8. The molecule has 0 atom stereocenters. The molecule has 1 aromatic carbocycles. The number of carbonyl (C=O) groups is 2. The molecule has 8 heteroatoms. The molecule has 0 spiro atoms. The minimum absolute atomic E-state index is 0.0380. The zero-order chi connectivity index (χ0) is 16.9. The first kappa shape index (κ1) is 17.0. The minimum atomic E-state index is -2.68. The molecule has 1 aromatic rings. The van der Waals surface area contributed by atoms with Crippen LogP contribution in [0.25, 0.3) is 0 Å². The number of rotatable bonds is 5. The van der Waals surface area contributed by atoms with Gasteiger partial charge in [0.25, 0.3) is 5.92 Å². The average molecular weight is 328 g/mol. The molecule has 0 aliphatic carbocycles. The van der Waals surface area contributed by atoms with E-state index in [4.69, 9.17) is 9.84 Å². The average Bonchev–Trinajstić information content (AvgIpc) is 2.51. The maximum absolute atomic E-state index is 13.0. The molecule has 1 heterocycles. The second-order valence-corrected chi connectivity index (χ2v) is 5.25. The van der Waals surface area contributed by atoms with Crippen LogP contribution in [0.1, 0.15) is 23.2 Å². The lowest BCUT2D eigenvalue weighted by molar-refractivity contribution is -0.0469. The van der Waals surface area contributed by atoms with Crippen molar-refractivity contribution in [1.29, 1.82) is 0 Å². The van der Waals surface area contributed by atoms with Crippen LogP contribution in [0.3, 0.4) is 0 Å². The quantitative estimate of drug-likeness (QED) is 0.812. The van der Waals surface area contributed by atoms with E-state index in [1.165, 1.54) is 29.2 Å². The Hall–Kier alpha value is -2.38. The number of carbonyl (C=O) groups excluding carboxylic acids is 1. The molecule has 126 valence electrons. The summed E-state index contributed by atoms with van der Waals surface area (Å²) in [5.41, 5.74) is 0.160. The van der Waals surface area contributed by atoms with Gasteiger partial charge < -0.3 is 20.1 Å². The molecule has 0 radical (unpaired) electrons. The van der Waals surface area contributed by atoms with Gasteiger partial charge in [0.05, 0.1) is 12.1 Å². The van der Waals surface area contributed by atoms with E-state index in [1.54, 1.807) is 0 Å². The van der Waals surface area contributed by atoms with Crippen molar-refractivity contribution < 1.29 is 28.2 Å². The Balaban J connectivity index is 1.67.